The molecule has 4 N–H and O–H groups in total. The molecule has 0 aromatic carbocycles. The van der Waals surface area contributed by atoms with Gasteiger partial charge in [0.15, 0.2) is 5.82 Å². The first-order valence-corrected chi connectivity index (χ1v) is 8.90. The Labute approximate surface area is 165 Å². The Morgan fingerprint density at radius 1 is 1.52 bits per heavy atom. The normalized spacial score (nSPS) is 26.2. The number of fused-ring (bicyclic) bond motifs is 1. The van der Waals surface area contributed by atoms with Crippen molar-refractivity contribution in [2.45, 2.75) is 43.7 Å². The predicted octanol–water partition coefficient (Wildman–Crippen LogP) is 0.618. The van der Waals surface area contributed by atoms with Gasteiger partial charge in [-0.3, -0.25) is 0 Å². The molecule has 29 heavy (non-hydrogen) atoms. The van der Waals surface area contributed by atoms with Crippen LogP contribution in [0.3, 0.4) is 0 Å². The molecule has 0 spiro atoms. The molecule has 0 unspecified atom stereocenters. The summed E-state index contributed by atoms with van der Waals surface area (Å²) in [4.78, 5) is 15.6. The second-order valence-corrected chi connectivity index (χ2v) is 6.55. The van der Waals surface area contributed by atoms with Crippen molar-refractivity contribution in [3.8, 4) is 6.07 Å². The number of rotatable bonds is 6. The highest BCUT2D eigenvalue weighted by Crippen LogP contribution is 2.40. The van der Waals surface area contributed by atoms with Gasteiger partial charge in [0.25, 0.3) is 0 Å². The van der Waals surface area contributed by atoms with E-state index in [1.165, 1.54) is 16.9 Å². The summed E-state index contributed by atoms with van der Waals surface area (Å²) in [6.45, 7) is 5.04. The third-order valence-corrected chi connectivity index (χ3v) is 4.61. The Kier molecular flexibility index (Phi) is 5.69. The van der Waals surface area contributed by atoms with Crippen LogP contribution < -0.4 is 5.73 Å². The van der Waals surface area contributed by atoms with E-state index in [2.05, 4.69) is 16.7 Å². The minimum Gasteiger partial charge on any atom is -0.431 e. The number of aromatic nitrogens is 3. The molecular formula is C18H21N5O6. The molecule has 0 aliphatic carbocycles. The zero-order chi connectivity index (χ0) is 21.2. The Morgan fingerprint density at radius 2 is 2.28 bits per heavy atom. The van der Waals surface area contributed by atoms with Gasteiger partial charge >= 0.3 is 6.16 Å². The van der Waals surface area contributed by atoms with Gasteiger partial charge in [-0.05, 0) is 18.6 Å². The first-order valence-electron chi connectivity index (χ1n) is 8.90. The molecule has 1 fully saturated rings. The van der Waals surface area contributed by atoms with Crippen LogP contribution >= 0.6 is 0 Å². The predicted molar refractivity (Wildman–Crippen MR) is 98.1 cm³/mol. The summed E-state index contributed by atoms with van der Waals surface area (Å²) in [5.41, 5.74) is 4.39. The van der Waals surface area contributed by atoms with Gasteiger partial charge in [-0.2, -0.15) is 10.4 Å². The van der Waals surface area contributed by atoms with Crippen molar-refractivity contribution in [3.05, 3.63) is 36.5 Å². The molecule has 0 saturated carbocycles. The highest BCUT2D eigenvalue weighted by molar-refractivity contribution is 5.66. The van der Waals surface area contributed by atoms with Crippen molar-refractivity contribution in [2.75, 3.05) is 12.3 Å². The van der Waals surface area contributed by atoms with Crippen molar-refractivity contribution in [3.63, 3.8) is 0 Å². The summed E-state index contributed by atoms with van der Waals surface area (Å²) in [6, 6.07) is 4.95. The van der Waals surface area contributed by atoms with E-state index in [4.69, 9.17) is 19.9 Å². The average molecular weight is 403 g/mol. The number of ether oxygens (including phenoxy) is 3. The number of allylic oxidation sites excluding steroid dienone is 1. The molecule has 0 amide bonds. The zero-order valence-corrected chi connectivity index (χ0v) is 15.7. The number of anilines is 1. The van der Waals surface area contributed by atoms with Gasteiger partial charge in [0.2, 0.25) is 5.60 Å². The highest BCUT2D eigenvalue weighted by Gasteiger charge is 2.57. The molecule has 2 aromatic rings. The first kappa shape index (κ1) is 20.5. The van der Waals surface area contributed by atoms with Crippen molar-refractivity contribution < 1.29 is 29.2 Å². The fraction of sp³-hybridized carbons (Fsp3) is 0.444. The molecule has 4 atom stereocenters. The molecular weight excluding hydrogens is 382 g/mol. The molecule has 1 aliphatic rings. The van der Waals surface area contributed by atoms with E-state index in [-0.39, 0.29) is 17.3 Å². The standard InChI is InChI=1S/C18H21N5O6/c1-3-4-10(2)28-17(26)27-7-12-14(24)15(25)18(8-19,29-12)13-6-5-11-16(20)21-9-22-23(11)13/h5-6,9,12,14-15,24-25H,2-4,7H2,1H3,(H2,20,21,22)/t12-,14-,15-,18+/m1/s1. The fourth-order valence-electron chi connectivity index (χ4n) is 3.18. The number of nitriles is 1. The second-order valence-electron chi connectivity index (χ2n) is 6.55. The lowest BCUT2D eigenvalue weighted by atomic mass is 9.92. The molecule has 2 aromatic heterocycles. The van der Waals surface area contributed by atoms with E-state index < -0.39 is 36.7 Å². The fourth-order valence-corrected chi connectivity index (χ4v) is 3.18. The highest BCUT2D eigenvalue weighted by atomic mass is 16.7. The summed E-state index contributed by atoms with van der Waals surface area (Å²) in [5.74, 6) is 0.413. The van der Waals surface area contributed by atoms with Crippen LogP contribution in [0.25, 0.3) is 5.52 Å². The number of hydrogen-bond donors (Lipinski definition) is 3. The van der Waals surface area contributed by atoms with E-state index in [1.54, 1.807) is 6.07 Å². The zero-order valence-electron chi connectivity index (χ0n) is 15.7. The maximum Gasteiger partial charge on any atom is 0.513 e. The maximum absolute atomic E-state index is 11.7. The van der Waals surface area contributed by atoms with E-state index in [0.717, 1.165) is 6.42 Å². The van der Waals surface area contributed by atoms with Crippen LogP contribution in [-0.2, 0) is 19.8 Å². The van der Waals surface area contributed by atoms with Gasteiger partial charge in [0.1, 0.15) is 48.6 Å². The Morgan fingerprint density at radius 3 is 2.97 bits per heavy atom. The van der Waals surface area contributed by atoms with Gasteiger partial charge < -0.3 is 30.2 Å². The molecule has 154 valence electrons. The van der Waals surface area contributed by atoms with Crippen LogP contribution in [-0.4, -0.2) is 55.9 Å². The van der Waals surface area contributed by atoms with Gasteiger partial charge in [-0.1, -0.05) is 13.5 Å². The van der Waals surface area contributed by atoms with Crippen LogP contribution in [0.1, 0.15) is 25.5 Å². The third-order valence-electron chi connectivity index (χ3n) is 4.61. The van der Waals surface area contributed by atoms with Crippen LogP contribution in [0.5, 0.6) is 0 Å². The molecule has 3 rings (SSSR count). The summed E-state index contributed by atoms with van der Waals surface area (Å²) in [7, 11) is 0. The summed E-state index contributed by atoms with van der Waals surface area (Å²) in [5, 5.41) is 34.8. The van der Waals surface area contributed by atoms with Crippen molar-refractivity contribution >= 4 is 17.5 Å². The number of hydrogen-bond acceptors (Lipinski definition) is 10. The Balaban J connectivity index is 1.80. The molecule has 3 heterocycles. The number of nitrogen functional groups attached to an aromatic ring is 1. The largest absolute Gasteiger partial charge is 0.513 e. The summed E-state index contributed by atoms with van der Waals surface area (Å²) >= 11 is 0. The molecule has 11 heteroatoms. The maximum atomic E-state index is 11.7. The van der Waals surface area contributed by atoms with Crippen LogP contribution in [0.15, 0.2) is 30.8 Å². The van der Waals surface area contributed by atoms with Gasteiger partial charge in [-0.15, -0.1) is 0 Å². The lowest BCUT2D eigenvalue weighted by molar-refractivity contribution is -0.0704. The van der Waals surface area contributed by atoms with Crippen LogP contribution in [0, 0.1) is 11.3 Å². The van der Waals surface area contributed by atoms with Crippen molar-refractivity contribution in [1.29, 1.82) is 5.26 Å². The third kappa shape index (κ3) is 3.61. The van der Waals surface area contributed by atoms with Gasteiger partial charge in [-0.25, -0.2) is 14.3 Å². The molecule has 0 bridgehead atoms. The van der Waals surface area contributed by atoms with Crippen molar-refractivity contribution in [2.24, 2.45) is 0 Å². The van der Waals surface area contributed by atoms with E-state index in [0.29, 0.717) is 11.9 Å². The number of carbonyl (C=O) groups excluding carboxylic acids is 1. The quantitative estimate of drug-likeness (QED) is 0.459. The number of aliphatic hydroxyl groups excluding tert-OH is 2. The minimum absolute atomic E-state index is 0.150. The summed E-state index contributed by atoms with van der Waals surface area (Å²) in [6.07, 6.45) is -2.92. The number of nitrogens with two attached hydrogens (primary N) is 1. The Bertz CT molecular complexity index is 969. The molecule has 11 nitrogen and oxygen atoms in total. The monoisotopic (exact) mass is 403 g/mol. The van der Waals surface area contributed by atoms with Gasteiger partial charge in [0, 0.05) is 6.42 Å². The van der Waals surface area contributed by atoms with Crippen molar-refractivity contribution in [1.82, 2.24) is 14.6 Å². The summed E-state index contributed by atoms with van der Waals surface area (Å²) < 4.78 is 16.8. The minimum atomic E-state index is -1.96. The smallest absolute Gasteiger partial charge is 0.431 e. The average Bonchev–Trinajstić information content (AvgIpc) is 3.23. The van der Waals surface area contributed by atoms with E-state index in [1.807, 2.05) is 13.0 Å². The van der Waals surface area contributed by atoms with Gasteiger partial charge in [0.05, 0.1) is 5.69 Å². The number of nitrogens with zero attached hydrogens (tertiary/aromatic N) is 4. The Hall–Kier alpha value is -3.20. The van der Waals surface area contributed by atoms with Crippen LogP contribution in [0.4, 0.5) is 10.6 Å². The molecule has 0 radical (unpaired) electrons. The lowest BCUT2D eigenvalue weighted by Crippen LogP contribution is -2.41. The van der Waals surface area contributed by atoms with E-state index in [9.17, 15) is 20.3 Å². The second kappa shape index (κ2) is 8.04. The van der Waals surface area contributed by atoms with E-state index >= 15 is 0 Å². The first-order chi connectivity index (χ1) is 13.8. The lowest BCUT2D eigenvalue weighted by Gasteiger charge is -2.24. The number of carbonyl (C=O) groups is 1. The molecule has 1 aliphatic heterocycles. The topological polar surface area (TPSA) is 165 Å². The van der Waals surface area contributed by atoms with Crippen LogP contribution in [0.2, 0.25) is 0 Å². The molecule has 1 saturated heterocycles. The SMILES string of the molecule is C=C(CCC)OC(=O)OC[C@H]1O[C@@](C#N)(c2ccc3c(N)ncnn23)[C@H](O)[C@@H]1O. The number of aliphatic hydroxyl groups is 2.